The third kappa shape index (κ3) is 4.67. The van der Waals surface area contributed by atoms with Crippen molar-refractivity contribution in [2.45, 2.75) is 39.7 Å². The van der Waals surface area contributed by atoms with E-state index in [0.29, 0.717) is 19.0 Å². The normalized spacial score (nSPS) is 18.7. The maximum absolute atomic E-state index is 12.0. The van der Waals surface area contributed by atoms with E-state index in [1.807, 2.05) is 0 Å². The van der Waals surface area contributed by atoms with Crippen LogP contribution >= 0.6 is 0 Å². The lowest BCUT2D eigenvalue weighted by Crippen LogP contribution is -2.52. The van der Waals surface area contributed by atoms with Crippen LogP contribution in [0.4, 0.5) is 4.79 Å². The van der Waals surface area contributed by atoms with Crippen LogP contribution in [0, 0.1) is 11.3 Å². The maximum atomic E-state index is 12.0. The fraction of sp³-hybridized carbons (Fsp3) is 0.857. The van der Waals surface area contributed by atoms with Crippen molar-refractivity contribution in [3.05, 3.63) is 0 Å². The van der Waals surface area contributed by atoms with Gasteiger partial charge in [0.2, 0.25) is 0 Å². The topological polar surface area (TPSA) is 78.9 Å². The molecule has 0 bridgehead atoms. The summed E-state index contributed by atoms with van der Waals surface area (Å²) in [7, 11) is 1.41. The van der Waals surface area contributed by atoms with Crippen LogP contribution in [0.3, 0.4) is 0 Å². The number of rotatable bonds is 4. The summed E-state index contributed by atoms with van der Waals surface area (Å²) in [5.74, 6) is -0.481. The first kappa shape index (κ1) is 16.8. The van der Waals surface area contributed by atoms with Gasteiger partial charge in [-0.15, -0.1) is 0 Å². The lowest BCUT2D eigenvalue weighted by molar-refractivity contribution is -0.140. The van der Waals surface area contributed by atoms with Gasteiger partial charge in [0.15, 0.2) is 6.04 Å². The Bertz CT molecular complexity index is 344. The molecule has 1 saturated heterocycles. The molecule has 2 N–H and O–H groups in total. The third-order valence-corrected chi connectivity index (χ3v) is 3.94. The summed E-state index contributed by atoms with van der Waals surface area (Å²) in [6, 6.07) is -1.31. The number of carboxylic acid groups (broad SMARTS) is 1. The number of hydrogen-bond donors (Lipinski definition) is 2. The molecule has 2 amide bonds. The minimum Gasteiger partial charge on any atom is -0.480 e. The molecule has 1 heterocycles. The van der Waals surface area contributed by atoms with Crippen molar-refractivity contribution >= 4 is 12.0 Å². The van der Waals surface area contributed by atoms with E-state index in [9.17, 15) is 9.59 Å². The molecule has 6 heteroatoms. The fourth-order valence-corrected chi connectivity index (χ4v) is 2.53. The van der Waals surface area contributed by atoms with Crippen LogP contribution in [0.15, 0.2) is 0 Å². The number of methoxy groups -OCH3 is 1. The molecule has 0 aliphatic carbocycles. The van der Waals surface area contributed by atoms with Gasteiger partial charge >= 0.3 is 12.0 Å². The van der Waals surface area contributed by atoms with Crippen LogP contribution in [-0.2, 0) is 9.53 Å². The monoisotopic (exact) mass is 286 g/mol. The lowest BCUT2D eigenvalue weighted by atomic mass is 9.75. The Balaban J connectivity index is 2.48. The number of aliphatic carboxylic acids is 1. The zero-order valence-electron chi connectivity index (χ0n) is 12.8. The second-order valence-electron chi connectivity index (χ2n) is 6.42. The van der Waals surface area contributed by atoms with E-state index in [2.05, 4.69) is 26.1 Å². The highest BCUT2D eigenvalue weighted by atomic mass is 16.5. The second kappa shape index (κ2) is 6.92. The second-order valence-corrected chi connectivity index (χ2v) is 6.42. The summed E-state index contributed by atoms with van der Waals surface area (Å²) in [5, 5.41) is 11.5. The van der Waals surface area contributed by atoms with Crippen LogP contribution in [0.25, 0.3) is 0 Å². The summed E-state index contributed by atoms with van der Waals surface area (Å²) in [4.78, 5) is 24.7. The smallest absolute Gasteiger partial charge is 0.328 e. The molecule has 1 aliphatic heterocycles. The number of nitrogens with zero attached hydrogens (tertiary/aromatic N) is 1. The molecule has 1 aliphatic rings. The van der Waals surface area contributed by atoms with E-state index in [4.69, 9.17) is 9.84 Å². The molecule has 1 fully saturated rings. The standard InChI is InChI=1S/C14H26N2O4/c1-14(2,3)10-5-7-16(8-6-10)13(19)15-11(9-20-4)12(17)18/h10-11H,5-9H2,1-4H3,(H,15,19)(H,17,18). The number of amides is 2. The van der Waals surface area contributed by atoms with Crippen molar-refractivity contribution < 1.29 is 19.4 Å². The SMILES string of the molecule is COCC(NC(=O)N1CCC(C(C)(C)C)CC1)C(=O)O. The van der Waals surface area contributed by atoms with Gasteiger partial charge in [0.1, 0.15) is 0 Å². The van der Waals surface area contributed by atoms with E-state index in [1.165, 1.54) is 7.11 Å². The van der Waals surface area contributed by atoms with Crippen LogP contribution < -0.4 is 5.32 Å². The summed E-state index contributed by atoms with van der Waals surface area (Å²) in [5.41, 5.74) is 0.252. The first-order chi connectivity index (χ1) is 9.25. The summed E-state index contributed by atoms with van der Waals surface area (Å²) in [6.45, 7) is 7.96. The molecule has 20 heavy (non-hydrogen) atoms. The summed E-state index contributed by atoms with van der Waals surface area (Å²) in [6.07, 6.45) is 1.91. The molecular formula is C14H26N2O4. The van der Waals surface area contributed by atoms with Crippen molar-refractivity contribution in [3.8, 4) is 0 Å². The number of urea groups is 1. The largest absolute Gasteiger partial charge is 0.480 e. The number of carbonyl (C=O) groups is 2. The van der Waals surface area contributed by atoms with Gasteiger partial charge in [0, 0.05) is 20.2 Å². The van der Waals surface area contributed by atoms with Crippen LogP contribution in [0.2, 0.25) is 0 Å². The van der Waals surface area contributed by atoms with Gasteiger partial charge in [-0.3, -0.25) is 0 Å². The molecule has 0 saturated carbocycles. The Morgan fingerprint density at radius 3 is 2.30 bits per heavy atom. The van der Waals surface area contributed by atoms with Gasteiger partial charge in [0.25, 0.3) is 0 Å². The molecule has 1 atom stereocenters. The average Bonchev–Trinajstić information content (AvgIpc) is 2.37. The number of piperidine rings is 1. The minimum atomic E-state index is -1.08. The van der Waals surface area contributed by atoms with Crippen molar-refractivity contribution in [3.63, 3.8) is 0 Å². The predicted octanol–water partition coefficient (Wildman–Crippen LogP) is 1.55. The summed E-state index contributed by atoms with van der Waals surface area (Å²) >= 11 is 0. The molecule has 0 spiro atoms. The van der Waals surface area contributed by atoms with Gasteiger partial charge in [-0.05, 0) is 24.2 Å². The first-order valence-electron chi connectivity index (χ1n) is 7.03. The Morgan fingerprint density at radius 2 is 1.90 bits per heavy atom. The number of nitrogens with one attached hydrogen (secondary N) is 1. The molecule has 6 nitrogen and oxygen atoms in total. The molecule has 116 valence electrons. The highest BCUT2D eigenvalue weighted by Gasteiger charge is 2.31. The predicted molar refractivity (Wildman–Crippen MR) is 75.6 cm³/mol. The first-order valence-corrected chi connectivity index (χ1v) is 7.03. The van der Waals surface area contributed by atoms with Crippen LogP contribution in [-0.4, -0.2) is 54.9 Å². The Morgan fingerprint density at radius 1 is 1.35 bits per heavy atom. The van der Waals surface area contributed by atoms with Crippen molar-refractivity contribution in [1.29, 1.82) is 0 Å². The quantitative estimate of drug-likeness (QED) is 0.822. The molecule has 0 aromatic heterocycles. The van der Waals surface area contributed by atoms with Crippen molar-refractivity contribution in [2.75, 3.05) is 26.8 Å². The highest BCUT2D eigenvalue weighted by Crippen LogP contribution is 2.34. The van der Waals surface area contributed by atoms with Crippen LogP contribution in [0.1, 0.15) is 33.6 Å². The zero-order chi connectivity index (χ0) is 15.3. The Labute approximate surface area is 120 Å². The minimum absolute atomic E-state index is 0.0282. The Hall–Kier alpha value is -1.30. The number of likely N-dealkylation sites (tertiary alicyclic amines) is 1. The number of ether oxygens (including phenoxy) is 1. The molecule has 1 rings (SSSR count). The van der Waals surface area contributed by atoms with E-state index in [1.54, 1.807) is 4.90 Å². The van der Waals surface area contributed by atoms with Gasteiger partial charge in [-0.2, -0.15) is 0 Å². The third-order valence-electron chi connectivity index (χ3n) is 3.94. The molecule has 0 aromatic rings. The van der Waals surface area contributed by atoms with Gasteiger partial charge in [-0.25, -0.2) is 9.59 Å². The maximum Gasteiger partial charge on any atom is 0.328 e. The van der Waals surface area contributed by atoms with Gasteiger partial charge in [0.05, 0.1) is 6.61 Å². The lowest BCUT2D eigenvalue weighted by Gasteiger charge is -2.39. The van der Waals surface area contributed by atoms with Gasteiger partial charge in [-0.1, -0.05) is 20.8 Å². The van der Waals surface area contributed by atoms with E-state index >= 15 is 0 Å². The van der Waals surface area contributed by atoms with Crippen molar-refractivity contribution in [2.24, 2.45) is 11.3 Å². The van der Waals surface area contributed by atoms with E-state index < -0.39 is 12.0 Å². The molecule has 0 radical (unpaired) electrons. The number of hydrogen-bond acceptors (Lipinski definition) is 3. The fourth-order valence-electron chi connectivity index (χ4n) is 2.53. The average molecular weight is 286 g/mol. The number of carboxylic acids is 1. The zero-order valence-corrected chi connectivity index (χ0v) is 12.8. The molecule has 1 unspecified atom stereocenters. The van der Waals surface area contributed by atoms with Crippen LogP contribution in [0.5, 0.6) is 0 Å². The summed E-state index contributed by atoms with van der Waals surface area (Å²) < 4.78 is 4.80. The van der Waals surface area contributed by atoms with E-state index in [0.717, 1.165) is 12.8 Å². The molecular weight excluding hydrogens is 260 g/mol. The highest BCUT2D eigenvalue weighted by molar-refractivity contribution is 5.82. The van der Waals surface area contributed by atoms with Crippen molar-refractivity contribution in [1.82, 2.24) is 10.2 Å². The van der Waals surface area contributed by atoms with E-state index in [-0.39, 0.29) is 18.1 Å². The van der Waals surface area contributed by atoms with Gasteiger partial charge < -0.3 is 20.1 Å². The number of carbonyl (C=O) groups excluding carboxylic acids is 1. The molecule has 0 aromatic carbocycles. The Kier molecular flexibility index (Phi) is 5.80.